The van der Waals surface area contributed by atoms with Gasteiger partial charge in [-0.25, -0.2) is 9.97 Å². The molecule has 19 heavy (non-hydrogen) atoms. The van der Waals surface area contributed by atoms with Crippen molar-refractivity contribution in [2.24, 2.45) is 0 Å². The Labute approximate surface area is 111 Å². The largest absolute Gasteiger partial charge is 0.395 e. The summed E-state index contributed by atoms with van der Waals surface area (Å²) in [5.74, 6) is 0.958. The molecule has 3 heterocycles. The maximum absolute atomic E-state index is 8.82. The third-order valence-electron chi connectivity index (χ3n) is 3.57. The van der Waals surface area contributed by atoms with Gasteiger partial charge in [0.1, 0.15) is 12.1 Å². The molecule has 7 heteroatoms. The lowest BCUT2D eigenvalue weighted by Gasteiger charge is -2.33. The highest BCUT2D eigenvalue weighted by molar-refractivity contribution is 5.86. The van der Waals surface area contributed by atoms with E-state index in [2.05, 4.69) is 30.4 Å². The van der Waals surface area contributed by atoms with E-state index in [0.717, 1.165) is 42.8 Å². The normalized spacial score (nSPS) is 17.2. The van der Waals surface area contributed by atoms with Crippen molar-refractivity contribution in [2.75, 3.05) is 31.1 Å². The van der Waals surface area contributed by atoms with E-state index in [1.807, 2.05) is 0 Å². The molecule has 3 N–H and O–H groups in total. The predicted molar refractivity (Wildman–Crippen MR) is 72.0 cm³/mol. The maximum Gasteiger partial charge on any atom is 0.160 e. The SMILES string of the molecule is OCCNC1CCN(c2ncnc3[nH]ncc23)CC1. The third kappa shape index (κ3) is 2.52. The number of hydrogen-bond donors (Lipinski definition) is 3. The highest BCUT2D eigenvalue weighted by Crippen LogP contribution is 2.24. The van der Waals surface area contributed by atoms with Crippen LogP contribution in [0.3, 0.4) is 0 Å². The lowest BCUT2D eigenvalue weighted by atomic mass is 10.0. The molecule has 2 aromatic heterocycles. The summed E-state index contributed by atoms with van der Waals surface area (Å²) in [7, 11) is 0. The fraction of sp³-hybridized carbons (Fsp3) is 0.583. The Morgan fingerprint density at radius 1 is 1.37 bits per heavy atom. The van der Waals surface area contributed by atoms with Gasteiger partial charge in [-0.05, 0) is 12.8 Å². The van der Waals surface area contributed by atoms with Crippen LogP contribution in [0, 0.1) is 0 Å². The van der Waals surface area contributed by atoms with E-state index in [-0.39, 0.29) is 6.61 Å². The molecule has 0 amide bonds. The predicted octanol–water partition coefficient (Wildman–Crippen LogP) is -0.0964. The average molecular weight is 262 g/mol. The summed E-state index contributed by atoms with van der Waals surface area (Å²) in [5.41, 5.74) is 0.783. The van der Waals surface area contributed by atoms with E-state index in [9.17, 15) is 0 Å². The number of fused-ring (bicyclic) bond motifs is 1. The lowest BCUT2D eigenvalue weighted by Crippen LogP contribution is -2.43. The quantitative estimate of drug-likeness (QED) is 0.713. The van der Waals surface area contributed by atoms with Gasteiger partial charge in [0.05, 0.1) is 18.2 Å². The van der Waals surface area contributed by atoms with Gasteiger partial charge in [0.25, 0.3) is 0 Å². The van der Waals surface area contributed by atoms with Crippen LogP contribution in [0.5, 0.6) is 0 Å². The van der Waals surface area contributed by atoms with Gasteiger partial charge in [-0.1, -0.05) is 0 Å². The van der Waals surface area contributed by atoms with Gasteiger partial charge >= 0.3 is 0 Å². The van der Waals surface area contributed by atoms with Gasteiger partial charge in [0.15, 0.2) is 5.65 Å². The molecule has 2 aromatic rings. The smallest absolute Gasteiger partial charge is 0.160 e. The van der Waals surface area contributed by atoms with E-state index in [1.54, 1.807) is 12.5 Å². The number of nitrogens with one attached hydrogen (secondary N) is 2. The molecule has 0 radical (unpaired) electrons. The van der Waals surface area contributed by atoms with Crippen LogP contribution >= 0.6 is 0 Å². The van der Waals surface area contributed by atoms with E-state index in [4.69, 9.17) is 5.11 Å². The second-order valence-corrected chi connectivity index (χ2v) is 4.77. The molecular formula is C12H18N6O. The first-order chi connectivity index (χ1) is 9.38. The van der Waals surface area contributed by atoms with E-state index in [0.29, 0.717) is 12.6 Å². The molecule has 1 fully saturated rings. The highest BCUT2D eigenvalue weighted by Gasteiger charge is 2.21. The zero-order valence-corrected chi connectivity index (χ0v) is 10.7. The number of nitrogens with zero attached hydrogens (tertiary/aromatic N) is 4. The molecule has 0 atom stereocenters. The van der Waals surface area contributed by atoms with Crippen LogP contribution in [-0.2, 0) is 0 Å². The Kier molecular flexibility index (Phi) is 3.56. The molecule has 3 rings (SSSR count). The first-order valence-corrected chi connectivity index (χ1v) is 6.62. The van der Waals surface area contributed by atoms with Crippen LogP contribution in [0.15, 0.2) is 12.5 Å². The second-order valence-electron chi connectivity index (χ2n) is 4.77. The number of anilines is 1. The molecule has 0 bridgehead atoms. The molecule has 1 aliphatic heterocycles. The molecule has 0 unspecified atom stereocenters. The third-order valence-corrected chi connectivity index (χ3v) is 3.57. The molecule has 7 nitrogen and oxygen atoms in total. The van der Waals surface area contributed by atoms with Crippen molar-refractivity contribution in [1.82, 2.24) is 25.5 Å². The number of hydrogen-bond acceptors (Lipinski definition) is 6. The number of aromatic amines is 1. The van der Waals surface area contributed by atoms with Gasteiger partial charge in [0.2, 0.25) is 0 Å². The average Bonchev–Trinajstić information content (AvgIpc) is 2.94. The van der Waals surface area contributed by atoms with Gasteiger partial charge < -0.3 is 15.3 Å². The summed E-state index contributed by atoms with van der Waals surface area (Å²) in [6, 6.07) is 0.491. The van der Waals surface area contributed by atoms with Gasteiger partial charge in [-0.3, -0.25) is 5.10 Å². The summed E-state index contributed by atoms with van der Waals surface area (Å²) in [5, 5.41) is 20.0. The maximum atomic E-state index is 8.82. The molecule has 0 aromatic carbocycles. The monoisotopic (exact) mass is 262 g/mol. The summed E-state index contributed by atoms with van der Waals surface area (Å²) < 4.78 is 0. The minimum Gasteiger partial charge on any atom is -0.395 e. The fourth-order valence-electron chi connectivity index (χ4n) is 2.57. The Morgan fingerprint density at radius 3 is 3.00 bits per heavy atom. The van der Waals surface area contributed by atoms with Crippen LogP contribution in [0.2, 0.25) is 0 Å². The van der Waals surface area contributed by atoms with Crippen LogP contribution in [0.4, 0.5) is 5.82 Å². The van der Waals surface area contributed by atoms with Crippen LogP contribution in [0.1, 0.15) is 12.8 Å². The zero-order chi connectivity index (χ0) is 13.1. The first-order valence-electron chi connectivity index (χ1n) is 6.62. The van der Waals surface area contributed by atoms with Crippen LogP contribution in [-0.4, -0.2) is 57.6 Å². The topological polar surface area (TPSA) is 90.0 Å². The minimum absolute atomic E-state index is 0.196. The molecule has 0 aliphatic carbocycles. The number of aliphatic hydroxyl groups is 1. The summed E-state index contributed by atoms with van der Waals surface area (Å²) in [6.45, 7) is 2.78. The number of H-pyrrole nitrogens is 1. The number of rotatable bonds is 4. The minimum atomic E-state index is 0.196. The van der Waals surface area contributed by atoms with E-state index >= 15 is 0 Å². The Balaban J connectivity index is 1.69. The van der Waals surface area contributed by atoms with Crippen molar-refractivity contribution in [2.45, 2.75) is 18.9 Å². The Morgan fingerprint density at radius 2 is 2.21 bits per heavy atom. The van der Waals surface area contributed by atoms with Crippen LogP contribution in [0.25, 0.3) is 11.0 Å². The van der Waals surface area contributed by atoms with Gasteiger partial charge in [-0.2, -0.15) is 5.10 Å². The Bertz CT molecular complexity index is 534. The van der Waals surface area contributed by atoms with Gasteiger partial charge in [0, 0.05) is 25.7 Å². The summed E-state index contributed by atoms with van der Waals surface area (Å²) in [6.07, 6.45) is 5.47. The van der Waals surface area contributed by atoms with E-state index in [1.165, 1.54) is 0 Å². The summed E-state index contributed by atoms with van der Waals surface area (Å²) in [4.78, 5) is 10.8. The van der Waals surface area contributed by atoms with Crippen LogP contribution < -0.4 is 10.2 Å². The molecule has 0 saturated carbocycles. The molecule has 0 spiro atoms. The zero-order valence-electron chi connectivity index (χ0n) is 10.7. The Hall–Kier alpha value is -1.73. The molecule has 1 saturated heterocycles. The number of piperidine rings is 1. The molecule has 1 aliphatic rings. The molecule has 102 valence electrons. The van der Waals surface area contributed by atoms with E-state index < -0.39 is 0 Å². The second kappa shape index (κ2) is 5.50. The highest BCUT2D eigenvalue weighted by atomic mass is 16.3. The lowest BCUT2D eigenvalue weighted by molar-refractivity contribution is 0.277. The first kappa shape index (κ1) is 12.3. The van der Waals surface area contributed by atoms with Crippen molar-refractivity contribution in [3.63, 3.8) is 0 Å². The fourth-order valence-corrected chi connectivity index (χ4v) is 2.57. The standard InChI is InChI=1S/C12H18N6O/c19-6-3-13-9-1-4-18(5-2-9)12-10-7-16-17-11(10)14-8-15-12/h7-9,13,19H,1-6H2,(H,14,15,16,17). The number of aliphatic hydroxyl groups excluding tert-OH is 1. The van der Waals surface area contributed by atoms with Crippen molar-refractivity contribution < 1.29 is 5.11 Å². The van der Waals surface area contributed by atoms with Crippen molar-refractivity contribution in [3.05, 3.63) is 12.5 Å². The van der Waals surface area contributed by atoms with Crippen molar-refractivity contribution >= 4 is 16.9 Å². The summed E-state index contributed by atoms with van der Waals surface area (Å²) >= 11 is 0. The molecular weight excluding hydrogens is 244 g/mol. The number of aromatic nitrogens is 4. The van der Waals surface area contributed by atoms with Gasteiger partial charge in [-0.15, -0.1) is 0 Å². The van der Waals surface area contributed by atoms with Crippen molar-refractivity contribution in [3.8, 4) is 0 Å². The van der Waals surface area contributed by atoms with Crippen molar-refractivity contribution in [1.29, 1.82) is 0 Å².